The molecule has 0 saturated heterocycles. The third kappa shape index (κ3) is 5.84. The largest absolute Gasteiger partial charge is 0.480 e. The van der Waals surface area contributed by atoms with Gasteiger partial charge in [-0.05, 0) is 31.6 Å². The lowest BCUT2D eigenvalue weighted by Gasteiger charge is -2.42. The average Bonchev–Trinajstić information content (AvgIpc) is 3.15. The first-order chi connectivity index (χ1) is 10.4. The van der Waals surface area contributed by atoms with Crippen molar-refractivity contribution in [3.8, 4) is 0 Å². The number of nitrogens with one attached hydrogen (secondary N) is 1. The second-order valence-electron chi connectivity index (χ2n) is 6.12. The number of carboxylic acid groups (broad SMARTS) is 1. The van der Waals surface area contributed by atoms with Crippen molar-refractivity contribution in [2.45, 2.75) is 37.8 Å². The van der Waals surface area contributed by atoms with Crippen LogP contribution in [0, 0.1) is 5.92 Å². The Labute approximate surface area is 134 Å². The normalized spacial score (nSPS) is 23.9. The molecule has 0 radical (unpaired) electrons. The molecule has 2 rings (SSSR count). The van der Waals surface area contributed by atoms with Crippen LogP contribution in [0.5, 0.6) is 0 Å². The molecular weight excluding hydrogens is 306 g/mol. The number of hydrogen-bond donors (Lipinski definition) is 3. The van der Waals surface area contributed by atoms with Gasteiger partial charge in [-0.15, -0.1) is 11.8 Å². The number of hydrogen-bond acceptors (Lipinski definition) is 5. The summed E-state index contributed by atoms with van der Waals surface area (Å²) in [6.07, 6.45) is 3.98. The highest BCUT2D eigenvalue weighted by Gasteiger charge is 2.37. The molecule has 2 aliphatic rings. The molecule has 7 nitrogen and oxygen atoms in total. The van der Waals surface area contributed by atoms with Gasteiger partial charge in [-0.3, -0.25) is 19.3 Å². The van der Waals surface area contributed by atoms with E-state index >= 15 is 0 Å². The lowest BCUT2D eigenvalue weighted by Crippen LogP contribution is -2.55. The van der Waals surface area contributed by atoms with Crippen LogP contribution in [0.3, 0.4) is 0 Å². The molecule has 22 heavy (non-hydrogen) atoms. The number of aliphatic carboxylic acids is 1. The van der Waals surface area contributed by atoms with E-state index in [0.717, 1.165) is 19.4 Å². The number of carbonyl (C=O) groups is 3. The zero-order valence-corrected chi connectivity index (χ0v) is 13.3. The second-order valence-corrected chi connectivity index (χ2v) is 7.10. The Balaban J connectivity index is 1.65. The van der Waals surface area contributed by atoms with Crippen LogP contribution in [0.2, 0.25) is 0 Å². The van der Waals surface area contributed by atoms with Crippen molar-refractivity contribution >= 4 is 29.5 Å². The molecule has 2 fully saturated rings. The standard InChI is InChI=1S/C14H23N3O4S/c15-12(18)7-22-8-13(19)16-10-3-11(4-10)17(6-14(20)21)5-9-1-2-9/h9-11H,1-8H2,(H2,15,18)(H,16,19)(H,20,21). The van der Waals surface area contributed by atoms with Crippen molar-refractivity contribution in [3.63, 3.8) is 0 Å². The molecule has 4 N–H and O–H groups in total. The molecule has 0 aromatic heterocycles. The number of primary amides is 1. The number of nitrogens with zero attached hydrogens (tertiary/aromatic N) is 1. The summed E-state index contributed by atoms with van der Waals surface area (Å²) in [6, 6.07) is 0.363. The van der Waals surface area contributed by atoms with Crippen LogP contribution in [0.1, 0.15) is 25.7 Å². The van der Waals surface area contributed by atoms with Crippen molar-refractivity contribution in [1.29, 1.82) is 0 Å². The summed E-state index contributed by atoms with van der Waals surface area (Å²) in [5.74, 6) is -0.291. The number of carboxylic acids is 1. The van der Waals surface area contributed by atoms with E-state index in [-0.39, 0.29) is 36.0 Å². The van der Waals surface area contributed by atoms with Crippen LogP contribution < -0.4 is 11.1 Å². The van der Waals surface area contributed by atoms with Crippen LogP contribution >= 0.6 is 11.8 Å². The highest BCUT2D eigenvalue weighted by Crippen LogP contribution is 2.33. The third-order valence-electron chi connectivity index (χ3n) is 4.00. The van der Waals surface area contributed by atoms with E-state index in [1.165, 1.54) is 24.6 Å². The SMILES string of the molecule is NC(=O)CSCC(=O)NC1CC(N(CC(=O)O)CC2CC2)C1. The number of rotatable bonds is 10. The quantitative estimate of drug-likeness (QED) is 0.505. The van der Waals surface area contributed by atoms with E-state index in [2.05, 4.69) is 5.32 Å². The highest BCUT2D eigenvalue weighted by atomic mass is 32.2. The van der Waals surface area contributed by atoms with Gasteiger partial charge < -0.3 is 16.2 Å². The summed E-state index contributed by atoms with van der Waals surface area (Å²) < 4.78 is 0. The van der Waals surface area contributed by atoms with Gasteiger partial charge in [-0.1, -0.05) is 0 Å². The van der Waals surface area contributed by atoms with Gasteiger partial charge in [0.05, 0.1) is 18.1 Å². The summed E-state index contributed by atoms with van der Waals surface area (Å²) in [5, 5.41) is 11.9. The number of amides is 2. The minimum atomic E-state index is -0.795. The predicted molar refractivity (Wildman–Crippen MR) is 83.4 cm³/mol. The van der Waals surface area contributed by atoms with E-state index in [4.69, 9.17) is 10.8 Å². The Morgan fingerprint density at radius 3 is 2.45 bits per heavy atom. The van der Waals surface area contributed by atoms with E-state index in [9.17, 15) is 14.4 Å². The fourth-order valence-electron chi connectivity index (χ4n) is 2.67. The Kier molecular flexibility index (Phi) is 6.07. The average molecular weight is 329 g/mol. The minimum Gasteiger partial charge on any atom is -0.480 e. The molecule has 0 aromatic rings. The number of carbonyl (C=O) groups excluding carboxylic acids is 2. The first-order valence-corrected chi connectivity index (χ1v) is 8.70. The molecule has 0 aromatic carbocycles. The van der Waals surface area contributed by atoms with Gasteiger partial charge in [0.2, 0.25) is 11.8 Å². The highest BCUT2D eigenvalue weighted by molar-refractivity contribution is 8.00. The smallest absolute Gasteiger partial charge is 0.317 e. The molecule has 8 heteroatoms. The van der Waals surface area contributed by atoms with Crippen molar-refractivity contribution in [3.05, 3.63) is 0 Å². The van der Waals surface area contributed by atoms with Gasteiger partial charge in [0.1, 0.15) is 0 Å². The maximum Gasteiger partial charge on any atom is 0.317 e. The monoisotopic (exact) mass is 329 g/mol. The summed E-state index contributed by atoms with van der Waals surface area (Å²) in [4.78, 5) is 35.2. The maximum atomic E-state index is 11.7. The zero-order valence-electron chi connectivity index (χ0n) is 12.5. The lowest BCUT2D eigenvalue weighted by molar-refractivity contribution is -0.140. The summed E-state index contributed by atoms with van der Waals surface area (Å²) in [6.45, 7) is 0.933. The lowest BCUT2D eigenvalue weighted by atomic mass is 9.85. The van der Waals surface area contributed by atoms with E-state index in [0.29, 0.717) is 5.92 Å². The molecule has 2 aliphatic carbocycles. The van der Waals surface area contributed by atoms with Crippen molar-refractivity contribution in [2.24, 2.45) is 11.7 Å². The molecule has 0 unspecified atom stereocenters. The molecular formula is C14H23N3O4S. The minimum absolute atomic E-state index is 0.0797. The first-order valence-electron chi connectivity index (χ1n) is 7.55. The van der Waals surface area contributed by atoms with Gasteiger partial charge in [0.15, 0.2) is 0 Å². The van der Waals surface area contributed by atoms with Gasteiger partial charge >= 0.3 is 5.97 Å². The molecule has 0 atom stereocenters. The van der Waals surface area contributed by atoms with Crippen molar-refractivity contribution in [2.75, 3.05) is 24.6 Å². The second kappa shape index (κ2) is 7.82. The summed E-state index contributed by atoms with van der Waals surface area (Å²) in [5.41, 5.74) is 5.01. The van der Waals surface area contributed by atoms with Gasteiger partial charge in [-0.25, -0.2) is 0 Å². The fraction of sp³-hybridized carbons (Fsp3) is 0.786. The Hall–Kier alpha value is -1.28. The molecule has 2 saturated carbocycles. The van der Waals surface area contributed by atoms with Crippen LogP contribution in [-0.2, 0) is 14.4 Å². The topological polar surface area (TPSA) is 113 Å². The van der Waals surface area contributed by atoms with E-state index < -0.39 is 11.9 Å². The first kappa shape index (κ1) is 17.1. The summed E-state index contributed by atoms with van der Waals surface area (Å²) >= 11 is 1.20. The Morgan fingerprint density at radius 2 is 1.91 bits per heavy atom. The molecule has 124 valence electrons. The van der Waals surface area contributed by atoms with Crippen LogP contribution in [-0.4, -0.2) is 64.5 Å². The fourth-order valence-corrected chi connectivity index (χ4v) is 3.24. The molecule has 0 spiro atoms. The van der Waals surface area contributed by atoms with E-state index in [1.54, 1.807) is 0 Å². The van der Waals surface area contributed by atoms with Crippen molar-refractivity contribution < 1.29 is 19.5 Å². The Morgan fingerprint density at radius 1 is 1.23 bits per heavy atom. The zero-order chi connectivity index (χ0) is 16.1. The Bertz CT molecular complexity index is 436. The van der Waals surface area contributed by atoms with Crippen LogP contribution in [0.4, 0.5) is 0 Å². The van der Waals surface area contributed by atoms with Crippen LogP contribution in [0.15, 0.2) is 0 Å². The summed E-state index contributed by atoms with van der Waals surface area (Å²) in [7, 11) is 0. The van der Waals surface area contributed by atoms with Gasteiger partial charge in [-0.2, -0.15) is 0 Å². The maximum absolute atomic E-state index is 11.7. The van der Waals surface area contributed by atoms with E-state index in [1.807, 2.05) is 4.90 Å². The predicted octanol–water partition coefficient (Wildman–Crippen LogP) is -0.351. The van der Waals surface area contributed by atoms with Gasteiger partial charge in [0.25, 0.3) is 0 Å². The van der Waals surface area contributed by atoms with Crippen molar-refractivity contribution in [1.82, 2.24) is 10.2 Å². The molecule has 0 bridgehead atoms. The third-order valence-corrected chi connectivity index (χ3v) is 4.96. The van der Waals surface area contributed by atoms with Crippen LogP contribution in [0.25, 0.3) is 0 Å². The number of nitrogens with two attached hydrogens (primary N) is 1. The number of thioether (sulfide) groups is 1. The molecule has 0 aliphatic heterocycles. The van der Waals surface area contributed by atoms with Gasteiger partial charge in [0, 0.05) is 18.6 Å². The molecule has 2 amide bonds. The molecule has 0 heterocycles.